The summed E-state index contributed by atoms with van der Waals surface area (Å²) in [5.41, 5.74) is 6.75. The first-order chi connectivity index (χ1) is 20.4. The van der Waals surface area contributed by atoms with Gasteiger partial charge in [0.25, 0.3) is 0 Å². The van der Waals surface area contributed by atoms with Gasteiger partial charge in [-0.1, -0.05) is 12.1 Å². The predicted octanol–water partition coefficient (Wildman–Crippen LogP) is 5.68. The summed E-state index contributed by atoms with van der Waals surface area (Å²) in [7, 11) is 0. The van der Waals surface area contributed by atoms with E-state index in [2.05, 4.69) is 4.74 Å². The Morgan fingerprint density at radius 3 is 1.56 bits per heavy atom. The SMILES string of the molecule is Nc1ccc(OC(=O)CC(O)c2ccc(OC(=O)c3ccc(OC(=O)c4ccc(OCC(F)(F)F)cc4)cc3)cc2)cc1. The number of benzene rings is 4. The number of aliphatic hydroxyl groups excluding tert-OH is 1. The van der Waals surface area contributed by atoms with Gasteiger partial charge in [-0.3, -0.25) is 4.79 Å². The standard InChI is InChI=1S/C31H24F3NO8/c32-31(33,34)18-40-23-9-3-20(4-10-23)29(38)43-26-13-5-21(6-14-26)30(39)42-25-11-1-19(2-12-25)27(36)17-28(37)41-24-15-7-22(35)8-16-24/h1-16,27,36H,17-18,35H2. The number of nitrogen functional groups attached to an aromatic ring is 1. The maximum Gasteiger partial charge on any atom is 0.422 e. The Bertz CT molecular complexity index is 1550. The molecule has 4 rings (SSSR count). The van der Waals surface area contributed by atoms with Gasteiger partial charge < -0.3 is 29.8 Å². The Morgan fingerprint density at radius 1 is 0.651 bits per heavy atom. The van der Waals surface area contributed by atoms with Crippen LogP contribution in [0.3, 0.4) is 0 Å². The van der Waals surface area contributed by atoms with Crippen molar-refractivity contribution in [1.82, 2.24) is 0 Å². The van der Waals surface area contributed by atoms with Crippen LogP contribution in [0.25, 0.3) is 0 Å². The zero-order chi connectivity index (χ0) is 31.0. The normalized spacial score (nSPS) is 11.7. The lowest BCUT2D eigenvalue weighted by molar-refractivity contribution is -0.153. The van der Waals surface area contributed by atoms with Crippen LogP contribution in [0.15, 0.2) is 97.1 Å². The molecule has 4 aromatic carbocycles. The van der Waals surface area contributed by atoms with E-state index in [-0.39, 0.29) is 34.8 Å². The van der Waals surface area contributed by atoms with Crippen molar-refractivity contribution in [2.24, 2.45) is 0 Å². The van der Waals surface area contributed by atoms with Crippen LogP contribution < -0.4 is 24.7 Å². The fourth-order valence-electron chi connectivity index (χ4n) is 3.59. The third-order valence-corrected chi connectivity index (χ3v) is 5.74. The summed E-state index contributed by atoms with van der Waals surface area (Å²) < 4.78 is 57.1. The van der Waals surface area contributed by atoms with Crippen LogP contribution in [0.4, 0.5) is 18.9 Å². The number of carbonyl (C=O) groups excluding carboxylic acids is 3. The molecule has 12 heteroatoms. The van der Waals surface area contributed by atoms with Gasteiger partial charge in [-0.25, -0.2) is 9.59 Å². The molecular formula is C31H24F3NO8. The molecule has 0 amide bonds. The van der Waals surface area contributed by atoms with Crippen molar-refractivity contribution in [3.63, 3.8) is 0 Å². The van der Waals surface area contributed by atoms with Gasteiger partial charge in [-0.15, -0.1) is 0 Å². The van der Waals surface area contributed by atoms with E-state index in [9.17, 15) is 32.7 Å². The average molecular weight is 596 g/mol. The maximum atomic E-state index is 12.5. The fourth-order valence-corrected chi connectivity index (χ4v) is 3.59. The molecule has 3 N–H and O–H groups in total. The minimum Gasteiger partial charge on any atom is -0.484 e. The van der Waals surface area contributed by atoms with Crippen LogP contribution in [0.1, 0.15) is 38.8 Å². The average Bonchev–Trinajstić information content (AvgIpc) is 2.98. The molecule has 4 aromatic rings. The molecule has 0 aliphatic heterocycles. The molecule has 1 atom stereocenters. The molecule has 0 bridgehead atoms. The van der Waals surface area contributed by atoms with E-state index in [1.165, 1.54) is 84.9 Å². The van der Waals surface area contributed by atoms with Gasteiger partial charge in [0.15, 0.2) is 6.61 Å². The molecule has 0 fully saturated rings. The van der Waals surface area contributed by atoms with Gasteiger partial charge in [0.1, 0.15) is 23.0 Å². The number of anilines is 1. The molecule has 0 aliphatic rings. The summed E-state index contributed by atoms with van der Waals surface area (Å²) in [4.78, 5) is 37.0. The number of ether oxygens (including phenoxy) is 4. The minimum absolute atomic E-state index is 0.0577. The highest BCUT2D eigenvalue weighted by Gasteiger charge is 2.28. The number of halogens is 3. The minimum atomic E-state index is -4.48. The highest BCUT2D eigenvalue weighted by atomic mass is 19.4. The van der Waals surface area contributed by atoms with Crippen LogP contribution >= 0.6 is 0 Å². The van der Waals surface area contributed by atoms with E-state index in [4.69, 9.17) is 19.9 Å². The molecule has 43 heavy (non-hydrogen) atoms. The lowest BCUT2D eigenvalue weighted by Crippen LogP contribution is -2.19. The molecule has 9 nitrogen and oxygen atoms in total. The smallest absolute Gasteiger partial charge is 0.422 e. The lowest BCUT2D eigenvalue weighted by atomic mass is 10.1. The van der Waals surface area contributed by atoms with Crippen molar-refractivity contribution >= 4 is 23.6 Å². The van der Waals surface area contributed by atoms with E-state index >= 15 is 0 Å². The largest absolute Gasteiger partial charge is 0.484 e. The number of hydrogen-bond donors (Lipinski definition) is 2. The zero-order valence-electron chi connectivity index (χ0n) is 22.2. The van der Waals surface area contributed by atoms with Gasteiger partial charge in [-0.2, -0.15) is 13.2 Å². The number of carbonyl (C=O) groups is 3. The third-order valence-electron chi connectivity index (χ3n) is 5.74. The second-order valence-corrected chi connectivity index (χ2v) is 9.06. The molecule has 1 unspecified atom stereocenters. The van der Waals surface area contributed by atoms with Crippen LogP contribution in [-0.4, -0.2) is 35.8 Å². The van der Waals surface area contributed by atoms with Crippen LogP contribution in [-0.2, 0) is 4.79 Å². The first-order valence-corrected chi connectivity index (χ1v) is 12.6. The summed E-state index contributed by atoms with van der Waals surface area (Å²) in [6.45, 7) is -1.45. The number of aliphatic hydroxyl groups is 1. The van der Waals surface area contributed by atoms with E-state index in [1.807, 2.05) is 0 Å². The van der Waals surface area contributed by atoms with Gasteiger partial charge in [-0.05, 0) is 90.5 Å². The quantitative estimate of drug-likeness (QED) is 0.135. The van der Waals surface area contributed by atoms with Crippen molar-refractivity contribution in [2.75, 3.05) is 12.3 Å². The monoisotopic (exact) mass is 595 g/mol. The van der Waals surface area contributed by atoms with Crippen LogP contribution in [0.2, 0.25) is 0 Å². The number of alkyl halides is 3. The molecule has 0 saturated heterocycles. The Labute approximate surface area is 243 Å². The highest BCUT2D eigenvalue weighted by molar-refractivity contribution is 5.92. The maximum absolute atomic E-state index is 12.5. The highest BCUT2D eigenvalue weighted by Crippen LogP contribution is 2.24. The van der Waals surface area contributed by atoms with Gasteiger partial charge >= 0.3 is 24.1 Å². The molecule has 222 valence electrons. The van der Waals surface area contributed by atoms with Crippen LogP contribution in [0, 0.1) is 0 Å². The Kier molecular flexibility index (Phi) is 9.63. The third kappa shape index (κ3) is 9.33. The number of nitrogens with two attached hydrogens (primary N) is 1. The van der Waals surface area contributed by atoms with Crippen molar-refractivity contribution in [2.45, 2.75) is 18.7 Å². The Hall–Kier alpha value is -5.36. The van der Waals surface area contributed by atoms with Gasteiger partial charge in [0.2, 0.25) is 0 Å². The van der Waals surface area contributed by atoms with E-state index in [0.717, 1.165) is 0 Å². The predicted molar refractivity (Wildman–Crippen MR) is 147 cm³/mol. The molecule has 0 spiro atoms. The number of rotatable bonds is 10. The number of esters is 3. The van der Waals surface area contributed by atoms with E-state index in [1.54, 1.807) is 12.1 Å². The molecular weight excluding hydrogens is 571 g/mol. The first kappa shape index (κ1) is 30.6. The molecule has 0 aromatic heterocycles. The van der Waals surface area contributed by atoms with Gasteiger partial charge in [0.05, 0.1) is 23.7 Å². The second kappa shape index (κ2) is 13.5. The van der Waals surface area contributed by atoms with Crippen LogP contribution in [0.5, 0.6) is 23.0 Å². The van der Waals surface area contributed by atoms with Crippen molar-refractivity contribution in [3.05, 3.63) is 114 Å². The Balaban J connectivity index is 1.26. The zero-order valence-corrected chi connectivity index (χ0v) is 22.2. The summed E-state index contributed by atoms with van der Waals surface area (Å²) in [6, 6.07) is 22.6. The second-order valence-electron chi connectivity index (χ2n) is 9.06. The molecule has 0 saturated carbocycles. The summed E-state index contributed by atoms with van der Waals surface area (Å²) in [5.74, 6) is -1.57. The number of hydrogen-bond acceptors (Lipinski definition) is 9. The Morgan fingerprint density at radius 2 is 1.07 bits per heavy atom. The van der Waals surface area contributed by atoms with E-state index in [0.29, 0.717) is 17.0 Å². The van der Waals surface area contributed by atoms with Gasteiger partial charge in [0, 0.05) is 5.69 Å². The molecule has 0 heterocycles. The van der Waals surface area contributed by atoms with Crippen molar-refractivity contribution in [1.29, 1.82) is 0 Å². The molecule has 0 radical (unpaired) electrons. The lowest BCUT2D eigenvalue weighted by Gasteiger charge is -2.12. The first-order valence-electron chi connectivity index (χ1n) is 12.6. The van der Waals surface area contributed by atoms with Crippen molar-refractivity contribution < 1.29 is 51.6 Å². The molecule has 0 aliphatic carbocycles. The van der Waals surface area contributed by atoms with E-state index < -0.39 is 36.8 Å². The fraction of sp³-hybridized carbons (Fsp3) is 0.129. The summed E-state index contributed by atoms with van der Waals surface area (Å²) >= 11 is 0. The summed E-state index contributed by atoms with van der Waals surface area (Å²) in [5, 5.41) is 10.4. The topological polar surface area (TPSA) is 134 Å². The van der Waals surface area contributed by atoms with Crippen molar-refractivity contribution in [3.8, 4) is 23.0 Å². The summed E-state index contributed by atoms with van der Waals surface area (Å²) in [6.07, 6.45) is -5.94.